The average Bonchev–Trinajstić information content (AvgIpc) is 3.34. The number of carbonyl (C=O) groups is 1. The Kier molecular flexibility index (Phi) is 3.91. The van der Waals surface area contributed by atoms with Gasteiger partial charge in [-0.15, -0.1) is 5.10 Å². The zero-order valence-corrected chi connectivity index (χ0v) is 13.4. The molecule has 4 aromatic rings. The minimum atomic E-state index is -1.04. The lowest BCUT2D eigenvalue weighted by molar-refractivity contribution is 0.0698. The average molecular weight is 347 g/mol. The maximum absolute atomic E-state index is 11.3. The van der Waals surface area contributed by atoms with E-state index in [1.807, 2.05) is 35.0 Å². The number of hydrogen-bond donors (Lipinski definition) is 2. The smallest absolute Gasteiger partial charge is 0.337 e. The molecule has 0 saturated heterocycles. The molecule has 2 heterocycles. The number of hydrogen-bond acceptors (Lipinski definition) is 6. The van der Waals surface area contributed by atoms with Gasteiger partial charge < -0.3 is 19.4 Å². The van der Waals surface area contributed by atoms with Crippen LogP contribution in [0, 0.1) is 0 Å². The first-order valence-electron chi connectivity index (χ1n) is 7.72. The molecule has 0 aliphatic heterocycles. The maximum Gasteiger partial charge on any atom is 0.337 e. The molecular weight excluding hydrogens is 334 g/mol. The van der Waals surface area contributed by atoms with Crippen LogP contribution in [-0.4, -0.2) is 30.8 Å². The Bertz CT molecular complexity index is 1040. The number of rotatable bonds is 5. The third-order valence-corrected chi connectivity index (χ3v) is 3.74. The number of carboxylic acid groups (broad SMARTS) is 1. The van der Waals surface area contributed by atoms with Gasteiger partial charge in [0.1, 0.15) is 0 Å². The first kappa shape index (κ1) is 15.6. The molecule has 0 spiro atoms. The second-order valence-corrected chi connectivity index (χ2v) is 5.40. The standard InChI is InChI=1S/C18H13N5O3/c24-17(25)14-3-1-2-4-15(14)20-18-22-21-16(26-18)12-5-7-13(8-6-12)23-10-9-19-11-23/h1-11H,(H,20,22)(H,24,25). The predicted molar refractivity (Wildman–Crippen MR) is 93.5 cm³/mol. The zero-order chi connectivity index (χ0) is 17.9. The highest BCUT2D eigenvalue weighted by Crippen LogP contribution is 2.24. The van der Waals surface area contributed by atoms with Gasteiger partial charge in [-0.25, -0.2) is 9.78 Å². The molecule has 0 aliphatic rings. The molecule has 0 radical (unpaired) electrons. The van der Waals surface area contributed by atoms with Crippen LogP contribution in [0.1, 0.15) is 10.4 Å². The molecule has 26 heavy (non-hydrogen) atoms. The van der Waals surface area contributed by atoms with E-state index in [1.54, 1.807) is 30.7 Å². The summed E-state index contributed by atoms with van der Waals surface area (Å²) in [4.78, 5) is 15.3. The summed E-state index contributed by atoms with van der Waals surface area (Å²) in [5.41, 5.74) is 2.21. The van der Waals surface area contributed by atoms with Crippen LogP contribution in [-0.2, 0) is 0 Å². The summed E-state index contributed by atoms with van der Waals surface area (Å²) in [6, 6.07) is 14.2. The van der Waals surface area contributed by atoms with E-state index >= 15 is 0 Å². The highest BCUT2D eigenvalue weighted by atomic mass is 16.4. The number of aromatic nitrogens is 4. The first-order chi connectivity index (χ1) is 12.7. The van der Waals surface area contributed by atoms with Crippen LogP contribution in [0.25, 0.3) is 17.1 Å². The van der Waals surface area contributed by atoms with E-state index in [0.717, 1.165) is 11.3 Å². The van der Waals surface area contributed by atoms with Crippen LogP contribution in [0.2, 0.25) is 0 Å². The van der Waals surface area contributed by atoms with E-state index in [1.165, 1.54) is 6.07 Å². The summed E-state index contributed by atoms with van der Waals surface area (Å²) in [6.45, 7) is 0. The molecule has 0 unspecified atom stereocenters. The minimum Gasteiger partial charge on any atom is -0.478 e. The third kappa shape index (κ3) is 3.03. The van der Waals surface area contributed by atoms with Gasteiger partial charge in [-0.1, -0.05) is 17.2 Å². The van der Waals surface area contributed by atoms with E-state index in [-0.39, 0.29) is 11.6 Å². The molecular formula is C18H13N5O3. The summed E-state index contributed by atoms with van der Waals surface area (Å²) in [5.74, 6) is -0.708. The molecule has 8 heteroatoms. The summed E-state index contributed by atoms with van der Waals surface area (Å²) < 4.78 is 7.48. The molecule has 0 amide bonds. The molecule has 0 fully saturated rings. The van der Waals surface area contributed by atoms with Gasteiger partial charge in [-0.3, -0.25) is 0 Å². The summed E-state index contributed by atoms with van der Waals surface area (Å²) in [6.07, 6.45) is 5.27. The fourth-order valence-corrected chi connectivity index (χ4v) is 2.47. The van der Waals surface area contributed by atoms with E-state index in [2.05, 4.69) is 20.5 Å². The van der Waals surface area contributed by atoms with Crippen molar-refractivity contribution in [2.24, 2.45) is 0 Å². The zero-order valence-electron chi connectivity index (χ0n) is 13.4. The Balaban J connectivity index is 1.56. The van der Waals surface area contributed by atoms with Crippen LogP contribution in [0.15, 0.2) is 71.7 Å². The molecule has 8 nitrogen and oxygen atoms in total. The van der Waals surface area contributed by atoms with Gasteiger partial charge in [0.2, 0.25) is 5.89 Å². The Morgan fingerprint density at radius 1 is 1.08 bits per heavy atom. The van der Waals surface area contributed by atoms with Crippen molar-refractivity contribution in [3.8, 4) is 17.1 Å². The van der Waals surface area contributed by atoms with Crippen LogP contribution in [0.4, 0.5) is 11.7 Å². The van der Waals surface area contributed by atoms with Gasteiger partial charge in [0.15, 0.2) is 0 Å². The molecule has 0 bridgehead atoms. The summed E-state index contributed by atoms with van der Waals surface area (Å²) in [7, 11) is 0. The fourth-order valence-electron chi connectivity index (χ4n) is 2.47. The second-order valence-electron chi connectivity index (χ2n) is 5.40. The van der Waals surface area contributed by atoms with E-state index in [4.69, 9.17) is 4.42 Å². The lowest BCUT2D eigenvalue weighted by Crippen LogP contribution is -2.02. The number of imidazole rings is 1. The molecule has 0 saturated carbocycles. The van der Waals surface area contributed by atoms with E-state index in [0.29, 0.717) is 11.6 Å². The molecule has 4 rings (SSSR count). The highest BCUT2D eigenvalue weighted by molar-refractivity contribution is 5.94. The normalized spacial score (nSPS) is 10.6. The van der Waals surface area contributed by atoms with Crippen LogP contribution < -0.4 is 5.32 Å². The number of aromatic carboxylic acids is 1. The van der Waals surface area contributed by atoms with E-state index < -0.39 is 5.97 Å². The van der Waals surface area contributed by atoms with Gasteiger partial charge in [0, 0.05) is 23.6 Å². The number of nitrogens with one attached hydrogen (secondary N) is 1. The molecule has 0 atom stereocenters. The summed E-state index contributed by atoms with van der Waals surface area (Å²) >= 11 is 0. The molecule has 0 aliphatic carbocycles. The summed E-state index contributed by atoms with van der Waals surface area (Å²) in [5, 5.41) is 20.0. The largest absolute Gasteiger partial charge is 0.478 e. The Morgan fingerprint density at radius 2 is 1.88 bits per heavy atom. The monoisotopic (exact) mass is 347 g/mol. The molecule has 2 aromatic carbocycles. The van der Waals surface area contributed by atoms with Crippen molar-refractivity contribution in [3.05, 3.63) is 72.8 Å². The maximum atomic E-state index is 11.3. The highest BCUT2D eigenvalue weighted by Gasteiger charge is 2.13. The SMILES string of the molecule is O=C(O)c1ccccc1Nc1nnc(-c2ccc(-n3ccnc3)cc2)o1. The van der Waals surface area contributed by atoms with Gasteiger partial charge in [-0.2, -0.15) is 0 Å². The third-order valence-electron chi connectivity index (χ3n) is 3.74. The molecule has 2 N–H and O–H groups in total. The van der Waals surface area contributed by atoms with Crippen molar-refractivity contribution in [2.45, 2.75) is 0 Å². The number of benzene rings is 2. The van der Waals surface area contributed by atoms with E-state index in [9.17, 15) is 9.90 Å². The van der Waals surface area contributed by atoms with Crippen molar-refractivity contribution in [1.82, 2.24) is 19.7 Å². The Labute approximate surface area is 147 Å². The second kappa shape index (κ2) is 6.52. The molecule has 128 valence electrons. The van der Waals surface area contributed by atoms with Gasteiger partial charge >= 0.3 is 12.0 Å². The van der Waals surface area contributed by atoms with Crippen molar-refractivity contribution in [3.63, 3.8) is 0 Å². The number of para-hydroxylation sites is 1. The van der Waals surface area contributed by atoms with Crippen LogP contribution in [0.3, 0.4) is 0 Å². The minimum absolute atomic E-state index is 0.118. The Morgan fingerprint density at radius 3 is 2.62 bits per heavy atom. The number of anilines is 2. The Hall–Kier alpha value is -3.94. The fraction of sp³-hybridized carbons (Fsp3) is 0. The molecule has 2 aromatic heterocycles. The van der Waals surface area contributed by atoms with Gasteiger partial charge in [-0.05, 0) is 36.4 Å². The van der Waals surface area contributed by atoms with Crippen molar-refractivity contribution in [1.29, 1.82) is 0 Å². The first-order valence-corrected chi connectivity index (χ1v) is 7.72. The quantitative estimate of drug-likeness (QED) is 0.570. The number of nitrogens with zero attached hydrogens (tertiary/aromatic N) is 4. The number of carboxylic acids is 1. The van der Waals surface area contributed by atoms with Gasteiger partial charge in [0.05, 0.1) is 17.6 Å². The van der Waals surface area contributed by atoms with Crippen LogP contribution >= 0.6 is 0 Å². The van der Waals surface area contributed by atoms with Crippen molar-refractivity contribution >= 4 is 17.7 Å². The predicted octanol–water partition coefficient (Wildman–Crippen LogP) is 3.36. The topological polar surface area (TPSA) is 106 Å². The van der Waals surface area contributed by atoms with Crippen molar-refractivity contribution < 1.29 is 14.3 Å². The van der Waals surface area contributed by atoms with Crippen LogP contribution in [0.5, 0.6) is 0 Å². The lowest BCUT2D eigenvalue weighted by atomic mass is 10.2. The van der Waals surface area contributed by atoms with Crippen molar-refractivity contribution in [2.75, 3.05) is 5.32 Å². The van der Waals surface area contributed by atoms with Gasteiger partial charge in [0.25, 0.3) is 0 Å². The lowest BCUT2D eigenvalue weighted by Gasteiger charge is -2.05.